The molecular weight excluding hydrogens is 228 g/mol. The summed E-state index contributed by atoms with van der Waals surface area (Å²) in [5, 5.41) is 9.04. The normalized spacial score (nSPS) is 12.9. The molecule has 96 valence electrons. The van der Waals surface area contributed by atoms with Gasteiger partial charge in [0.05, 0.1) is 6.10 Å². The summed E-state index contributed by atoms with van der Waals surface area (Å²) in [7, 11) is 0. The van der Waals surface area contributed by atoms with E-state index in [4.69, 9.17) is 9.84 Å². The van der Waals surface area contributed by atoms with Gasteiger partial charge in [-0.2, -0.15) is 0 Å². The van der Waals surface area contributed by atoms with Crippen molar-refractivity contribution in [2.24, 2.45) is 0 Å². The molecule has 1 rings (SSSR count). The molecule has 0 saturated heterocycles. The van der Waals surface area contributed by atoms with Crippen LogP contribution in [0, 0.1) is 0 Å². The molecule has 0 amide bonds. The molecule has 0 bridgehead atoms. The van der Waals surface area contributed by atoms with Crippen molar-refractivity contribution in [3.05, 3.63) is 47.5 Å². The minimum absolute atomic E-state index is 0.00706. The number of aliphatic hydroxyl groups is 1. The first kappa shape index (κ1) is 14.2. The van der Waals surface area contributed by atoms with E-state index < -0.39 is 12.1 Å². The third kappa shape index (κ3) is 4.18. The summed E-state index contributed by atoms with van der Waals surface area (Å²) in [6.07, 6.45) is 2.84. The second kappa shape index (κ2) is 6.77. The first-order chi connectivity index (χ1) is 8.54. The molecule has 1 aromatic carbocycles. The summed E-state index contributed by atoms with van der Waals surface area (Å²) in [6, 6.07) is 7.64. The van der Waals surface area contributed by atoms with Gasteiger partial charge in [-0.15, -0.1) is 0 Å². The summed E-state index contributed by atoms with van der Waals surface area (Å²) in [5.41, 5.74) is 2.36. The molecule has 0 fully saturated rings. The smallest absolute Gasteiger partial charge is 0.333 e. The molecular formula is C15H18O3. The van der Waals surface area contributed by atoms with Crippen LogP contribution in [-0.4, -0.2) is 23.8 Å². The Bertz CT molecular complexity index is 459. The van der Waals surface area contributed by atoms with Gasteiger partial charge >= 0.3 is 5.97 Å². The summed E-state index contributed by atoms with van der Waals surface area (Å²) in [6.45, 7) is 6.99. The highest BCUT2D eigenvalue weighted by molar-refractivity contribution is 5.93. The molecule has 0 aromatic heterocycles. The Kier molecular flexibility index (Phi) is 5.33. The van der Waals surface area contributed by atoms with Crippen LogP contribution in [0.15, 0.2) is 36.4 Å². The van der Waals surface area contributed by atoms with Crippen molar-refractivity contribution in [3.63, 3.8) is 0 Å². The van der Waals surface area contributed by atoms with E-state index in [0.29, 0.717) is 5.57 Å². The SMILES string of the molecule is C=Cc1ccccc1/C=C(\C)C(=O)OCC(C)O. The number of hydrogen-bond donors (Lipinski definition) is 1. The van der Waals surface area contributed by atoms with Gasteiger partial charge < -0.3 is 9.84 Å². The maximum absolute atomic E-state index is 11.6. The van der Waals surface area contributed by atoms with Crippen LogP contribution in [0.4, 0.5) is 0 Å². The molecule has 0 heterocycles. The van der Waals surface area contributed by atoms with E-state index in [1.807, 2.05) is 24.3 Å². The van der Waals surface area contributed by atoms with Crippen molar-refractivity contribution < 1.29 is 14.6 Å². The topological polar surface area (TPSA) is 46.5 Å². The van der Waals surface area contributed by atoms with E-state index in [-0.39, 0.29) is 6.61 Å². The Balaban J connectivity index is 2.82. The summed E-state index contributed by atoms with van der Waals surface area (Å²) >= 11 is 0. The van der Waals surface area contributed by atoms with Gasteiger partial charge in [-0.3, -0.25) is 0 Å². The second-order valence-electron chi connectivity index (χ2n) is 4.11. The summed E-state index contributed by atoms with van der Waals surface area (Å²) in [5.74, 6) is -0.422. The van der Waals surface area contributed by atoms with Crippen LogP contribution < -0.4 is 0 Å². The predicted octanol–water partition coefficient (Wildman–Crippen LogP) is 2.66. The lowest BCUT2D eigenvalue weighted by Gasteiger charge is -2.07. The minimum Gasteiger partial charge on any atom is -0.460 e. The van der Waals surface area contributed by atoms with Gasteiger partial charge in [-0.1, -0.05) is 36.9 Å². The predicted molar refractivity (Wildman–Crippen MR) is 72.8 cm³/mol. The van der Waals surface area contributed by atoms with Crippen LogP contribution in [0.5, 0.6) is 0 Å². The Morgan fingerprint density at radius 1 is 1.44 bits per heavy atom. The fourth-order valence-corrected chi connectivity index (χ4v) is 1.43. The Morgan fingerprint density at radius 2 is 2.06 bits per heavy atom. The molecule has 0 spiro atoms. The maximum atomic E-state index is 11.6. The zero-order chi connectivity index (χ0) is 13.5. The van der Waals surface area contributed by atoms with Crippen molar-refractivity contribution in [2.75, 3.05) is 6.61 Å². The molecule has 0 aliphatic carbocycles. The number of ether oxygens (including phenoxy) is 1. The van der Waals surface area contributed by atoms with E-state index in [0.717, 1.165) is 11.1 Å². The van der Waals surface area contributed by atoms with Crippen LogP contribution in [-0.2, 0) is 9.53 Å². The van der Waals surface area contributed by atoms with Gasteiger partial charge in [-0.25, -0.2) is 4.79 Å². The van der Waals surface area contributed by atoms with Crippen molar-refractivity contribution in [1.82, 2.24) is 0 Å². The number of rotatable bonds is 5. The molecule has 0 radical (unpaired) electrons. The molecule has 1 unspecified atom stereocenters. The third-order valence-corrected chi connectivity index (χ3v) is 2.37. The Labute approximate surface area is 107 Å². The number of carbonyl (C=O) groups is 1. The quantitative estimate of drug-likeness (QED) is 0.641. The Hall–Kier alpha value is -1.87. The van der Waals surface area contributed by atoms with Crippen LogP contribution in [0.3, 0.4) is 0 Å². The van der Waals surface area contributed by atoms with E-state index in [1.54, 1.807) is 26.0 Å². The molecule has 3 heteroatoms. The molecule has 1 aromatic rings. The van der Waals surface area contributed by atoms with Crippen molar-refractivity contribution in [1.29, 1.82) is 0 Å². The van der Waals surface area contributed by atoms with Crippen LogP contribution in [0.25, 0.3) is 12.2 Å². The van der Waals surface area contributed by atoms with Crippen LogP contribution in [0.1, 0.15) is 25.0 Å². The average molecular weight is 246 g/mol. The average Bonchev–Trinajstić information content (AvgIpc) is 2.36. The fourth-order valence-electron chi connectivity index (χ4n) is 1.43. The molecule has 0 aliphatic rings. The molecule has 0 aliphatic heterocycles. The first-order valence-electron chi connectivity index (χ1n) is 5.79. The minimum atomic E-state index is -0.651. The van der Waals surface area contributed by atoms with Crippen molar-refractivity contribution >= 4 is 18.1 Å². The summed E-state index contributed by atoms with van der Waals surface area (Å²) < 4.78 is 4.93. The summed E-state index contributed by atoms with van der Waals surface area (Å²) in [4.78, 5) is 11.6. The van der Waals surface area contributed by atoms with Gasteiger partial charge in [0, 0.05) is 5.57 Å². The van der Waals surface area contributed by atoms with Gasteiger partial charge in [0.2, 0.25) is 0 Å². The second-order valence-corrected chi connectivity index (χ2v) is 4.11. The highest BCUT2D eigenvalue weighted by atomic mass is 16.5. The zero-order valence-electron chi connectivity index (χ0n) is 10.7. The number of hydrogen-bond acceptors (Lipinski definition) is 3. The van der Waals surface area contributed by atoms with Gasteiger partial charge in [-0.05, 0) is 31.1 Å². The number of carbonyl (C=O) groups excluding carboxylic acids is 1. The van der Waals surface area contributed by atoms with Gasteiger partial charge in [0.25, 0.3) is 0 Å². The maximum Gasteiger partial charge on any atom is 0.333 e. The monoisotopic (exact) mass is 246 g/mol. The largest absolute Gasteiger partial charge is 0.460 e. The van der Waals surface area contributed by atoms with Gasteiger partial charge in [0.15, 0.2) is 0 Å². The zero-order valence-corrected chi connectivity index (χ0v) is 10.7. The lowest BCUT2D eigenvalue weighted by Crippen LogP contribution is -2.15. The number of esters is 1. The Morgan fingerprint density at radius 3 is 2.61 bits per heavy atom. The fraction of sp³-hybridized carbons (Fsp3) is 0.267. The molecule has 1 atom stereocenters. The van der Waals surface area contributed by atoms with Crippen LogP contribution in [0.2, 0.25) is 0 Å². The first-order valence-corrected chi connectivity index (χ1v) is 5.79. The third-order valence-electron chi connectivity index (χ3n) is 2.37. The molecule has 0 saturated carbocycles. The molecule has 18 heavy (non-hydrogen) atoms. The highest BCUT2D eigenvalue weighted by Crippen LogP contribution is 2.14. The number of benzene rings is 1. The van der Waals surface area contributed by atoms with E-state index in [1.165, 1.54) is 0 Å². The van der Waals surface area contributed by atoms with Gasteiger partial charge in [0.1, 0.15) is 6.61 Å². The highest BCUT2D eigenvalue weighted by Gasteiger charge is 2.08. The van der Waals surface area contributed by atoms with E-state index >= 15 is 0 Å². The molecule has 3 nitrogen and oxygen atoms in total. The van der Waals surface area contributed by atoms with E-state index in [9.17, 15) is 4.79 Å². The lowest BCUT2D eigenvalue weighted by molar-refractivity contribution is -0.141. The standard InChI is InChI=1S/C15H18O3/c1-4-13-7-5-6-8-14(13)9-11(2)15(17)18-10-12(3)16/h4-9,12,16H,1,10H2,2-3H3/b11-9+. The lowest BCUT2D eigenvalue weighted by atomic mass is 10.1. The van der Waals surface area contributed by atoms with Crippen LogP contribution >= 0.6 is 0 Å². The van der Waals surface area contributed by atoms with Crippen molar-refractivity contribution in [3.8, 4) is 0 Å². The number of aliphatic hydroxyl groups excluding tert-OH is 1. The van der Waals surface area contributed by atoms with Crippen molar-refractivity contribution in [2.45, 2.75) is 20.0 Å². The molecule has 1 N–H and O–H groups in total. The van der Waals surface area contributed by atoms with E-state index in [2.05, 4.69) is 6.58 Å².